The highest BCUT2D eigenvalue weighted by Gasteiger charge is 2.12. The predicted octanol–water partition coefficient (Wildman–Crippen LogP) is 2.09. The van der Waals surface area contributed by atoms with E-state index in [4.69, 9.17) is 5.21 Å². The Hall–Kier alpha value is -2.69. The molecule has 5 nitrogen and oxygen atoms in total. The summed E-state index contributed by atoms with van der Waals surface area (Å²) in [6.07, 6.45) is 1.47. The van der Waals surface area contributed by atoms with Gasteiger partial charge in [0.25, 0.3) is 0 Å². The Bertz CT molecular complexity index is 609. The molecular formula is C14H12N2O3. The van der Waals surface area contributed by atoms with Crippen LogP contribution in [0.2, 0.25) is 0 Å². The average molecular weight is 256 g/mol. The average Bonchev–Trinajstić information content (AvgIpc) is 2.48. The fourth-order valence-electron chi connectivity index (χ4n) is 1.66. The second-order valence-corrected chi connectivity index (χ2v) is 3.74. The Labute approximate surface area is 110 Å². The summed E-state index contributed by atoms with van der Waals surface area (Å²) >= 11 is 0. The fraction of sp³-hybridized carbons (Fsp3) is 0.0714. The lowest BCUT2D eigenvalue weighted by Gasteiger charge is -2.05. The van der Waals surface area contributed by atoms with E-state index in [2.05, 4.69) is 14.9 Å². The molecule has 0 amide bonds. The van der Waals surface area contributed by atoms with Crippen LogP contribution in [-0.2, 0) is 4.74 Å². The Kier molecular flexibility index (Phi) is 3.87. The maximum absolute atomic E-state index is 11.5. The monoisotopic (exact) mass is 256 g/mol. The molecule has 0 saturated heterocycles. The molecule has 1 aromatic carbocycles. The Morgan fingerprint density at radius 1 is 1.21 bits per heavy atom. The van der Waals surface area contributed by atoms with Gasteiger partial charge in [0.15, 0.2) is 0 Å². The van der Waals surface area contributed by atoms with Crippen LogP contribution in [0.5, 0.6) is 0 Å². The molecule has 1 aromatic heterocycles. The predicted molar refractivity (Wildman–Crippen MR) is 69.4 cm³/mol. The molecule has 1 heterocycles. The van der Waals surface area contributed by atoms with Crippen molar-refractivity contribution in [3.05, 3.63) is 65.5 Å². The molecule has 2 aromatic rings. The van der Waals surface area contributed by atoms with Gasteiger partial charge in [-0.1, -0.05) is 35.5 Å². The van der Waals surface area contributed by atoms with Crippen LogP contribution < -0.4 is 0 Å². The summed E-state index contributed by atoms with van der Waals surface area (Å²) < 4.78 is 4.64. The Morgan fingerprint density at radius 2 is 1.95 bits per heavy atom. The number of aromatic nitrogens is 1. The molecule has 0 bridgehead atoms. The molecule has 2 rings (SSSR count). The molecule has 0 aliphatic rings. The summed E-state index contributed by atoms with van der Waals surface area (Å²) in [4.78, 5) is 15.6. The van der Waals surface area contributed by atoms with Gasteiger partial charge in [-0.05, 0) is 12.1 Å². The first-order chi connectivity index (χ1) is 9.26. The van der Waals surface area contributed by atoms with Gasteiger partial charge in [0.05, 0.1) is 18.4 Å². The van der Waals surface area contributed by atoms with Crippen LogP contribution in [0, 0.1) is 0 Å². The summed E-state index contributed by atoms with van der Waals surface area (Å²) in [7, 11) is 1.31. The molecule has 96 valence electrons. The minimum absolute atomic E-state index is 0.298. The van der Waals surface area contributed by atoms with E-state index in [1.807, 2.05) is 18.2 Å². The number of carbonyl (C=O) groups excluding carboxylic acids is 1. The van der Waals surface area contributed by atoms with Crippen molar-refractivity contribution in [1.29, 1.82) is 0 Å². The quantitative estimate of drug-likeness (QED) is 0.395. The van der Waals surface area contributed by atoms with Crippen molar-refractivity contribution in [1.82, 2.24) is 4.98 Å². The summed E-state index contributed by atoms with van der Waals surface area (Å²) in [6, 6.07) is 12.2. The largest absolute Gasteiger partial charge is 0.465 e. The van der Waals surface area contributed by atoms with Crippen LogP contribution in [0.4, 0.5) is 0 Å². The molecule has 0 fully saturated rings. The van der Waals surface area contributed by atoms with Crippen molar-refractivity contribution in [2.75, 3.05) is 7.11 Å². The SMILES string of the molecule is COC(=O)c1ccnc(/C(=N/O)c2ccccc2)c1. The van der Waals surface area contributed by atoms with Gasteiger partial charge in [-0.2, -0.15) is 0 Å². The van der Waals surface area contributed by atoms with Crippen molar-refractivity contribution in [3.8, 4) is 0 Å². The number of carbonyl (C=O) groups is 1. The normalized spacial score (nSPS) is 11.1. The van der Waals surface area contributed by atoms with Gasteiger partial charge in [0.2, 0.25) is 0 Å². The van der Waals surface area contributed by atoms with Gasteiger partial charge in [-0.3, -0.25) is 4.98 Å². The van der Waals surface area contributed by atoms with E-state index >= 15 is 0 Å². The molecule has 0 aliphatic heterocycles. The summed E-state index contributed by atoms with van der Waals surface area (Å²) in [5.41, 5.74) is 1.76. The number of esters is 1. The first kappa shape index (κ1) is 12.8. The third kappa shape index (κ3) is 2.77. The number of nitrogens with zero attached hydrogens (tertiary/aromatic N) is 2. The molecule has 0 spiro atoms. The van der Waals surface area contributed by atoms with E-state index in [0.29, 0.717) is 22.5 Å². The fourth-order valence-corrected chi connectivity index (χ4v) is 1.66. The zero-order chi connectivity index (χ0) is 13.7. The first-order valence-electron chi connectivity index (χ1n) is 5.58. The zero-order valence-corrected chi connectivity index (χ0v) is 10.3. The van der Waals surface area contributed by atoms with Crippen LogP contribution in [0.1, 0.15) is 21.6 Å². The van der Waals surface area contributed by atoms with E-state index in [1.165, 1.54) is 25.4 Å². The molecule has 0 aliphatic carbocycles. The van der Waals surface area contributed by atoms with E-state index in [9.17, 15) is 4.79 Å². The molecule has 0 atom stereocenters. The molecule has 19 heavy (non-hydrogen) atoms. The van der Waals surface area contributed by atoms with Crippen LogP contribution in [-0.4, -0.2) is 29.0 Å². The highest BCUT2D eigenvalue weighted by atomic mass is 16.5. The molecule has 1 N–H and O–H groups in total. The number of rotatable bonds is 3. The smallest absolute Gasteiger partial charge is 0.337 e. The standard InChI is InChI=1S/C14H12N2O3/c1-19-14(17)11-7-8-15-12(9-11)13(16-18)10-5-3-2-4-6-10/h2-9,18H,1H3/b16-13+. The van der Waals surface area contributed by atoms with Crippen LogP contribution in [0.25, 0.3) is 0 Å². The Morgan fingerprint density at radius 3 is 2.58 bits per heavy atom. The van der Waals surface area contributed by atoms with Crippen molar-refractivity contribution in [3.63, 3.8) is 0 Å². The zero-order valence-electron chi connectivity index (χ0n) is 10.3. The van der Waals surface area contributed by atoms with E-state index in [0.717, 1.165) is 0 Å². The lowest BCUT2D eigenvalue weighted by molar-refractivity contribution is 0.0600. The maximum Gasteiger partial charge on any atom is 0.337 e. The van der Waals surface area contributed by atoms with Gasteiger partial charge in [-0.25, -0.2) is 4.79 Å². The topological polar surface area (TPSA) is 71.8 Å². The molecule has 5 heteroatoms. The molecular weight excluding hydrogens is 244 g/mol. The second-order valence-electron chi connectivity index (χ2n) is 3.74. The summed E-state index contributed by atoms with van der Waals surface area (Å²) in [6.45, 7) is 0. The van der Waals surface area contributed by atoms with Gasteiger partial charge < -0.3 is 9.94 Å². The Balaban J connectivity index is 2.43. The first-order valence-corrected chi connectivity index (χ1v) is 5.58. The number of pyridine rings is 1. The minimum Gasteiger partial charge on any atom is -0.465 e. The number of hydrogen-bond acceptors (Lipinski definition) is 5. The summed E-state index contributed by atoms with van der Waals surface area (Å²) in [5.74, 6) is -0.464. The van der Waals surface area contributed by atoms with Gasteiger partial charge >= 0.3 is 5.97 Å². The van der Waals surface area contributed by atoms with Crippen LogP contribution in [0.3, 0.4) is 0 Å². The second kappa shape index (κ2) is 5.77. The number of ether oxygens (including phenoxy) is 1. The third-order valence-corrected chi connectivity index (χ3v) is 2.57. The van der Waals surface area contributed by atoms with E-state index < -0.39 is 5.97 Å². The minimum atomic E-state index is -0.464. The highest BCUT2D eigenvalue weighted by molar-refractivity contribution is 6.12. The number of hydrogen-bond donors (Lipinski definition) is 1. The number of benzene rings is 1. The van der Waals surface area contributed by atoms with Crippen LogP contribution >= 0.6 is 0 Å². The van der Waals surface area contributed by atoms with Crippen molar-refractivity contribution < 1.29 is 14.7 Å². The van der Waals surface area contributed by atoms with Crippen molar-refractivity contribution >= 4 is 11.7 Å². The number of methoxy groups -OCH3 is 1. The van der Waals surface area contributed by atoms with Gasteiger partial charge in [0, 0.05) is 11.8 Å². The molecule has 0 unspecified atom stereocenters. The number of oxime groups is 1. The van der Waals surface area contributed by atoms with Crippen LogP contribution in [0.15, 0.2) is 53.8 Å². The lowest BCUT2D eigenvalue weighted by atomic mass is 10.1. The molecule has 0 radical (unpaired) electrons. The lowest BCUT2D eigenvalue weighted by Crippen LogP contribution is -2.09. The van der Waals surface area contributed by atoms with E-state index in [-0.39, 0.29) is 0 Å². The maximum atomic E-state index is 11.5. The van der Waals surface area contributed by atoms with Gasteiger partial charge in [-0.15, -0.1) is 0 Å². The summed E-state index contributed by atoms with van der Waals surface area (Å²) in [5, 5.41) is 12.4. The molecule has 0 saturated carbocycles. The van der Waals surface area contributed by atoms with Crippen molar-refractivity contribution in [2.24, 2.45) is 5.16 Å². The third-order valence-electron chi connectivity index (χ3n) is 2.57. The van der Waals surface area contributed by atoms with E-state index in [1.54, 1.807) is 12.1 Å². The van der Waals surface area contributed by atoms with Gasteiger partial charge in [0.1, 0.15) is 5.71 Å². The van der Waals surface area contributed by atoms with Crippen molar-refractivity contribution in [2.45, 2.75) is 0 Å². The highest BCUT2D eigenvalue weighted by Crippen LogP contribution is 2.11.